The Kier molecular flexibility index (Phi) is 4.16. The van der Waals surface area contributed by atoms with Gasteiger partial charge in [0.25, 0.3) is 5.91 Å². The maximum absolute atomic E-state index is 12.6. The van der Waals surface area contributed by atoms with Crippen LogP contribution in [0, 0.1) is 12.8 Å². The van der Waals surface area contributed by atoms with Gasteiger partial charge in [0.1, 0.15) is 5.01 Å². The zero-order valence-corrected chi connectivity index (χ0v) is 14.0. The number of nitrogens with zero attached hydrogens (tertiary/aromatic N) is 2. The molecule has 22 heavy (non-hydrogen) atoms. The number of amides is 1. The fourth-order valence-corrected chi connectivity index (χ4v) is 3.41. The molecule has 0 bridgehead atoms. The Balaban J connectivity index is 1.78. The Hall–Kier alpha value is -1.88. The van der Waals surface area contributed by atoms with Crippen molar-refractivity contribution in [1.29, 1.82) is 0 Å². The second kappa shape index (κ2) is 6.08. The summed E-state index contributed by atoms with van der Waals surface area (Å²) in [6.45, 7) is 1.99. The highest BCUT2D eigenvalue weighted by molar-refractivity contribution is 7.09. The predicted octanol–water partition coefficient (Wildman–Crippen LogP) is 3.40. The van der Waals surface area contributed by atoms with Crippen molar-refractivity contribution >= 4 is 22.9 Å². The molecule has 0 radical (unpaired) electrons. The van der Waals surface area contributed by atoms with Gasteiger partial charge in [-0.1, -0.05) is 6.07 Å². The third-order valence-electron chi connectivity index (χ3n) is 3.91. The lowest BCUT2D eigenvalue weighted by atomic mass is 10.1. The Morgan fingerprint density at radius 2 is 2.18 bits per heavy atom. The molecule has 1 N–H and O–H groups in total. The largest absolute Gasteiger partial charge is 0.378 e. The van der Waals surface area contributed by atoms with Gasteiger partial charge in [-0.15, -0.1) is 11.3 Å². The first-order valence-corrected chi connectivity index (χ1v) is 8.43. The van der Waals surface area contributed by atoms with Crippen LogP contribution >= 0.6 is 11.3 Å². The van der Waals surface area contributed by atoms with Crippen LogP contribution in [0.15, 0.2) is 29.6 Å². The standard InChI is InChI=1S/C17H21N3OS/c1-11-10-22-17(18-11)15(12-7-8-12)19-16(21)13-5-4-6-14(9-13)20(2)3/h4-6,9-10,12,15H,7-8H2,1-3H3,(H,19,21)/t15-/m0/s1. The molecule has 0 spiro atoms. The average Bonchev–Trinajstić information content (AvgIpc) is 3.26. The van der Waals surface area contributed by atoms with Crippen LogP contribution < -0.4 is 10.2 Å². The first kappa shape index (κ1) is 15.0. The number of carbonyl (C=O) groups excluding carboxylic acids is 1. The minimum Gasteiger partial charge on any atom is -0.378 e. The molecular weight excluding hydrogens is 294 g/mol. The fraction of sp³-hybridized carbons (Fsp3) is 0.412. The van der Waals surface area contributed by atoms with E-state index in [-0.39, 0.29) is 11.9 Å². The third-order valence-corrected chi connectivity index (χ3v) is 4.95. The van der Waals surface area contributed by atoms with E-state index >= 15 is 0 Å². The quantitative estimate of drug-likeness (QED) is 0.920. The van der Waals surface area contributed by atoms with Gasteiger partial charge >= 0.3 is 0 Å². The minimum absolute atomic E-state index is 0.0200. The molecule has 1 aliphatic rings. The van der Waals surface area contributed by atoms with Gasteiger partial charge in [0.2, 0.25) is 0 Å². The molecule has 1 aromatic carbocycles. The van der Waals surface area contributed by atoms with Crippen molar-refractivity contribution in [2.75, 3.05) is 19.0 Å². The molecule has 5 heteroatoms. The Morgan fingerprint density at radius 1 is 1.41 bits per heavy atom. The highest BCUT2D eigenvalue weighted by Gasteiger charge is 2.35. The van der Waals surface area contributed by atoms with Crippen LogP contribution in [0.2, 0.25) is 0 Å². The van der Waals surface area contributed by atoms with Gasteiger partial charge in [0.15, 0.2) is 0 Å². The fourth-order valence-electron chi connectivity index (χ4n) is 2.48. The summed E-state index contributed by atoms with van der Waals surface area (Å²) >= 11 is 1.64. The summed E-state index contributed by atoms with van der Waals surface area (Å²) in [5.41, 5.74) is 2.75. The molecule has 1 heterocycles. The molecule has 1 fully saturated rings. The summed E-state index contributed by atoms with van der Waals surface area (Å²) < 4.78 is 0. The topological polar surface area (TPSA) is 45.2 Å². The highest BCUT2D eigenvalue weighted by Crippen LogP contribution is 2.42. The predicted molar refractivity (Wildman–Crippen MR) is 90.6 cm³/mol. The number of hydrogen-bond acceptors (Lipinski definition) is 4. The van der Waals surface area contributed by atoms with Gasteiger partial charge in [-0.3, -0.25) is 4.79 Å². The van der Waals surface area contributed by atoms with E-state index in [9.17, 15) is 4.79 Å². The summed E-state index contributed by atoms with van der Waals surface area (Å²) in [6.07, 6.45) is 2.34. The number of aromatic nitrogens is 1. The summed E-state index contributed by atoms with van der Waals surface area (Å²) in [7, 11) is 3.95. The number of hydrogen-bond donors (Lipinski definition) is 1. The molecule has 0 unspecified atom stereocenters. The highest BCUT2D eigenvalue weighted by atomic mass is 32.1. The minimum atomic E-state index is -0.0200. The summed E-state index contributed by atoms with van der Waals surface area (Å²) in [5.74, 6) is 0.514. The van der Waals surface area contributed by atoms with E-state index in [4.69, 9.17) is 0 Å². The zero-order chi connectivity index (χ0) is 15.7. The van der Waals surface area contributed by atoms with Gasteiger partial charge in [-0.05, 0) is 43.9 Å². The molecule has 1 amide bonds. The lowest BCUT2D eigenvalue weighted by Gasteiger charge is -2.17. The number of rotatable bonds is 5. The second-order valence-corrected chi connectivity index (χ2v) is 6.95. The van der Waals surface area contributed by atoms with E-state index in [2.05, 4.69) is 10.3 Å². The van der Waals surface area contributed by atoms with E-state index in [0.29, 0.717) is 11.5 Å². The lowest BCUT2D eigenvalue weighted by molar-refractivity contribution is 0.0931. The molecule has 1 aliphatic carbocycles. The summed E-state index contributed by atoms with van der Waals surface area (Å²) in [5, 5.41) is 6.25. The molecular formula is C17H21N3OS. The van der Waals surface area contributed by atoms with Crippen molar-refractivity contribution in [2.24, 2.45) is 5.92 Å². The van der Waals surface area contributed by atoms with E-state index in [1.54, 1.807) is 11.3 Å². The van der Waals surface area contributed by atoms with E-state index < -0.39 is 0 Å². The monoisotopic (exact) mass is 315 g/mol. The number of thiazole rings is 1. The van der Waals surface area contributed by atoms with Crippen molar-refractivity contribution in [3.05, 3.63) is 45.9 Å². The normalized spacial score (nSPS) is 15.4. The third kappa shape index (κ3) is 3.30. The second-order valence-electron chi connectivity index (χ2n) is 6.06. The van der Waals surface area contributed by atoms with Crippen LogP contribution in [0.25, 0.3) is 0 Å². The summed E-state index contributed by atoms with van der Waals surface area (Å²) in [6, 6.07) is 7.75. The Labute approximate surface area is 135 Å². The first-order valence-electron chi connectivity index (χ1n) is 7.55. The number of benzene rings is 1. The van der Waals surface area contributed by atoms with Crippen LogP contribution in [0.5, 0.6) is 0 Å². The number of anilines is 1. The molecule has 2 aromatic rings. The SMILES string of the molecule is Cc1csc([C@@H](NC(=O)c2cccc(N(C)C)c2)C2CC2)n1. The Bertz CT molecular complexity index is 676. The van der Waals surface area contributed by atoms with Gasteiger partial charge < -0.3 is 10.2 Å². The van der Waals surface area contributed by atoms with E-state index in [1.165, 1.54) is 12.8 Å². The van der Waals surface area contributed by atoms with Crippen LogP contribution in [-0.2, 0) is 0 Å². The molecule has 116 valence electrons. The van der Waals surface area contributed by atoms with Crippen LogP contribution in [0.3, 0.4) is 0 Å². The summed E-state index contributed by atoms with van der Waals surface area (Å²) in [4.78, 5) is 19.1. The molecule has 0 aliphatic heterocycles. The van der Waals surface area contributed by atoms with Crippen molar-refractivity contribution in [3.63, 3.8) is 0 Å². The van der Waals surface area contributed by atoms with Gasteiger partial charge in [-0.25, -0.2) is 4.98 Å². The van der Waals surface area contributed by atoms with Gasteiger partial charge in [0, 0.05) is 36.4 Å². The average molecular weight is 315 g/mol. The zero-order valence-electron chi connectivity index (χ0n) is 13.2. The maximum Gasteiger partial charge on any atom is 0.251 e. The molecule has 0 saturated heterocycles. The number of nitrogens with one attached hydrogen (secondary N) is 1. The van der Waals surface area contributed by atoms with Crippen LogP contribution in [-0.4, -0.2) is 25.0 Å². The molecule has 1 saturated carbocycles. The van der Waals surface area contributed by atoms with Gasteiger partial charge in [-0.2, -0.15) is 0 Å². The Morgan fingerprint density at radius 3 is 2.77 bits per heavy atom. The van der Waals surface area contributed by atoms with E-state index in [0.717, 1.165) is 16.4 Å². The van der Waals surface area contributed by atoms with Crippen molar-refractivity contribution in [1.82, 2.24) is 10.3 Å². The maximum atomic E-state index is 12.6. The first-order chi connectivity index (χ1) is 10.5. The molecule has 1 atom stereocenters. The molecule has 4 nitrogen and oxygen atoms in total. The van der Waals surface area contributed by atoms with Crippen LogP contribution in [0.4, 0.5) is 5.69 Å². The van der Waals surface area contributed by atoms with Crippen molar-refractivity contribution in [2.45, 2.75) is 25.8 Å². The molecule has 3 rings (SSSR count). The van der Waals surface area contributed by atoms with E-state index in [1.807, 2.05) is 55.6 Å². The van der Waals surface area contributed by atoms with Crippen molar-refractivity contribution < 1.29 is 4.79 Å². The van der Waals surface area contributed by atoms with Crippen molar-refractivity contribution in [3.8, 4) is 0 Å². The van der Waals surface area contributed by atoms with Gasteiger partial charge in [0.05, 0.1) is 6.04 Å². The molecule has 1 aromatic heterocycles. The number of aryl methyl sites for hydroxylation is 1. The lowest BCUT2D eigenvalue weighted by Crippen LogP contribution is -2.30. The van der Waals surface area contributed by atoms with Crippen LogP contribution in [0.1, 0.15) is 39.9 Å². The number of carbonyl (C=O) groups is 1. The smallest absolute Gasteiger partial charge is 0.251 e.